The Bertz CT molecular complexity index is 235. The highest BCUT2D eigenvalue weighted by Gasteiger charge is 2.27. The van der Waals surface area contributed by atoms with Crippen LogP contribution in [0.2, 0.25) is 0 Å². The lowest BCUT2D eigenvalue weighted by Crippen LogP contribution is -2.50. The second-order valence-electron chi connectivity index (χ2n) is 4.44. The topological polar surface area (TPSA) is 53.6 Å². The van der Waals surface area contributed by atoms with Crippen molar-refractivity contribution in [2.24, 2.45) is 0 Å². The molecule has 0 bridgehead atoms. The lowest BCUT2D eigenvalue weighted by molar-refractivity contribution is 0.169. The number of ether oxygens (including phenoxy) is 1. The number of amides is 2. The van der Waals surface area contributed by atoms with Crippen LogP contribution in [0.4, 0.5) is 4.79 Å². The third kappa shape index (κ3) is 2.65. The van der Waals surface area contributed by atoms with E-state index < -0.39 is 0 Å². The molecule has 16 heavy (non-hydrogen) atoms. The number of urea groups is 1. The van der Waals surface area contributed by atoms with Crippen molar-refractivity contribution in [1.29, 1.82) is 0 Å². The molecule has 2 rings (SSSR count). The first-order valence-electron chi connectivity index (χ1n) is 6.17. The number of carbonyl (C=O) groups excluding carboxylic acids is 1. The van der Waals surface area contributed by atoms with E-state index in [1.165, 1.54) is 0 Å². The molecule has 0 radical (unpaired) electrons. The summed E-state index contributed by atoms with van der Waals surface area (Å²) in [4.78, 5) is 14.0. The monoisotopic (exact) mass is 227 g/mol. The second-order valence-corrected chi connectivity index (χ2v) is 4.44. The molecule has 0 aromatic carbocycles. The van der Waals surface area contributed by atoms with Gasteiger partial charge in [-0.2, -0.15) is 0 Å². The van der Waals surface area contributed by atoms with Gasteiger partial charge in [0.25, 0.3) is 0 Å². The minimum Gasteiger partial charge on any atom is -0.379 e. The molecule has 2 fully saturated rings. The van der Waals surface area contributed by atoms with E-state index in [0.717, 1.165) is 39.1 Å². The van der Waals surface area contributed by atoms with Crippen molar-refractivity contribution in [3.8, 4) is 0 Å². The molecule has 2 unspecified atom stereocenters. The van der Waals surface area contributed by atoms with Crippen LogP contribution >= 0.6 is 0 Å². The number of hydrogen-bond acceptors (Lipinski definition) is 3. The van der Waals surface area contributed by atoms with Gasteiger partial charge < -0.3 is 20.3 Å². The Labute approximate surface area is 96.5 Å². The zero-order valence-corrected chi connectivity index (χ0v) is 9.87. The van der Waals surface area contributed by atoms with Crippen LogP contribution in [-0.4, -0.2) is 55.9 Å². The lowest BCUT2D eigenvalue weighted by atomic mass is 10.2. The largest absolute Gasteiger partial charge is 0.379 e. The molecule has 0 spiro atoms. The van der Waals surface area contributed by atoms with Gasteiger partial charge in [-0.15, -0.1) is 0 Å². The molecule has 2 heterocycles. The number of likely N-dealkylation sites (N-methyl/N-ethyl adjacent to an activating group) is 1. The summed E-state index contributed by atoms with van der Waals surface area (Å²) in [6.45, 7) is 6.16. The van der Waals surface area contributed by atoms with E-state index in [0.29, 0.717) is 12.6 Å². The summed E-state index contributed by atoms with van der Waals surface area (Å²) < 4.78 is 5.25. The van der Waals surface area contributed by atoms with Crippen molar-refractivity contribution >= 4 is 6.03 Å². The molecule has 2 amide bonds. The van der Waals surface area contributed by atoms with Crippen molar-refractivity contribution in [2.45, 2.75) is 31.8 Å². The summed E-state index contributed by atoms with van der Waals surface area (Å²) in [7, 11) is 0. The van der Waals surface area contributed by atoms with Gasteiger partial charge in [0.05, 0.1) is 12.6 Å². The summed E-state index contributed by atoms with van der Waals surface area (Å²) in [6, 6.07) is 0.620. The van der Waals surface area contributed by atoms with Gasteiger partial charge in [0.1, 0.15) is 0 Å². The zero-order valence-electron chi connectivity index (χ0n) is 9.87. The fourth-order valence-corrected chi connectivity index (χ4v) is 2.38. The Balaban J connectivity index is 1.84. The molecule has 2 saturated heterocycles. The number of nitrogens with zero attached hydrogens (tertiary/aromatic N) is 1. The van der Waals surface area contributed by atoms with E-state index in [1.54, 1.807) is 0 Å². The van der Waals surface area contributed by atoms with Gasteiger partial charge in [0, 0.05) is 25.7 Å². The van der Waals surface area contributed by atoms with Crippen LogP contribution in [0.1, 0.15) is 19.8 Å². The van der Waals surface area contributed by atoms with Crippen LogP contribution < -0.4 is 10.6 Å². The molecule has 5 heteroatoms. The van der Waals surface area contributed by atoms with Crippen LogP contribution in [0, 0.1) is 0 Å². The van der Waals surface area contributed by atoms with Crippen molar-refractivity contribution in [3.05, 3.63) is 0 Å². The summed E-state index contributed by atoms with van der Waals surface area (Å²) in [5.41, 5.74) is 0. The summed E-state index contributed by atoms with van der Waals surface area (Å²) in [6.07, 6.45) is 1.99. The summed E-state index contributed by atoms with van der Waals surface area (Å²) in [5, 5.41) is 6.33. The predicted octanol–water partition coefficient (Wildman–Crippen LogP) is 0.169. The van der Waals surface area contributed by atoms with Gasteiger partial charge in [0.2, 0.25) is 0 Å². The highest BCUT2D eigenvalue weighted by atomic mass is 16.5. The Morgan fingerprint density at radius 1 is 1.56 bits per heavy atom. The minimum atomic E-state index is 0.0618. The maximum Gasteiger partial charge on any atom is 0.317 e. The first kappa shape index (κ1) is 11.7. The first-order valence-corrected chi connectivity index (χ1v) is 6.17. The Morgan fingerprint density at radius 2 is 2.44 bits per heavy atom. The van der Waals surface area contributed by atoms with E-state index in [-0.39, 0.29) is 12.1 Å². The molecule has 0 saturated carbocycles. The number of hydrogen-bond donors (Lipinski definition) is 2. The fraction of sp³-hybridized carbons (Fsp3) is 0.909. The summed E-state index contributed by atoms with van der Waals surface area (Å²) >= 11 is 0. The first-order chi connectivity index (χ1) is 7.81. The average molecular weight is 227 g/mol. The molecule has 2 aliphatic rings. The zero-order chi connectivity index (χ0) is 11.4. The van der Waals surface area contributed by atoms with Crippen molar-refractivity contribution in [3.63, 3.8) is 0 Å². The maximum atomic E-state index is 12.0. The lowest BCUT2D eigenvalue weighted by Gasteiger charge is -2.28. The molecule has 2 atom stereocenters. The highest BCUT2D eigenvalue weighted by Crippen LogP contribution is 2.10. The summed E-state index contributed by atoms with van der Waals surface area (Å²) in [5.74, 6) is 0. The van der Waals surface area contributed by atoms with Crippen LogP contribution in [-0.2, 0) is 4.74 Å². The van der Waals surface area contributed by atoms with Crippen molar-refractivity contribution < 1.29 is 9.53 Å². The normalized spacial score (nSPS) is 29.3. The predicted molar refractivity (Wildman–Crippen MR) is 61.4 cm³/mol. The molecule has 0 aliphatic carbocycles. The van der Waals surface area contributed by atoms with E-state index in [1.807, 2.05) is 11.8 Å². The van der Waals surface area contributed by atoms with Crippen LogP contribution in [0.5, 0.6) is 0 Å². The van der Waals surface area contributed by atoms with Crippen LogP contribution in [0.25, 0.3) is 0 Å². The third-order valence-electron chi connectivity index (χ3n) is 3.33. The fourth-order valence-electron chi connectivity index (χ4n) is 2.38. The Morgan fingerprint density at radius 3 is 3.00 bits per heavy atom. The van der Waals surface area contributed by atoms with Gasteiger partial charge in [-0.05, 0) is 26.3 Å². The van der Waals surface area contributed by atoms with Gasteiger partial charge in [-0.1, -0.05) is 0 Å². The molecule has 0 aromatic rings. The minimum absolute atomic E-state index is 0.0618. The number of nitrogens with one attached hydrogen (secondary N) is 2. The molecule has 2 N–H and O–H groups in total. The highest BCUT2D eigenvalue weighted by molar-refractivity contribution is 5.75. The van der Waals surface area contributed by atoms with E-state index >= 15 is 0 Å². The van der Waals surface area contributed by atoms with Gasteiger partial charge in [0.15, 0.2) is 0 Å². The molecule has 5 nitrogen and oxygen atoms in total. The van der Waals surface area contributed by atoms with Crippen LogP contribution in [0.3, 0.4) is 0 Å². The third-order valence-corrected chi connectivity index (χ3v) is 3.33. The van der Waals surface area contributed by atoms with E-state index in [9.17, 15) is 4.79 Å². The van der Waals surface area contributed by atoms with Gasteiger partial charge in [-0.3, -0.25) is 0 Å². The van der Waals surface area contributed by atoms with Gasteiger partial charge >= 0.3 is 6.03 Å². The van der Waals surface area contributed by atoms with Crippen LogP contribution in [0.15, 0.2) is 0 Å². The Kier molecular flexibility index (Phi) is 4.01. The van der Waals surface area contributed by atoms with E-state index in [4.69, 9.17) is 4.74 Å². The SMILES string of the molecule is CCN(C(=O)NC1CCOC1)C1CCNC1. The second kappa shape index (κ2) is 5.50. The van der Waals surface area contributed by atoms with Gasteiger partial charge in [-0.25, -0.2) is 4.79 Å². The molecule has 0 aromatic heterocycles. The molecule has 2 aliphatic heterocycles. The quantitative estimate of drug-likeness (QED) is 0.722. The maximum absolute atomic E-state index is 12.0. The smallest absolute Gasteiger partial charge is 0.317 e. The Hall–Kier alpha value is -0.810. The van der Waals surface area contributed by atoms with Crippen molar-refractivity contribution in [1.82, 2.24) is 15.5 Å². The van der Waals surface area contributed by atoms with E-state index in [2.05, 4.69) is 10.6 Å². The number of rotatable bonds is 3. The van der Waals surface area contributed by atoms with Crippen molar-refractivity contribution in [2.75, 3.05) is 32.8 Å². The molecule has 92 valence electrons. The number of carbonyl (C=O) groups is 1. The average Bonchev–Trinajstić information content (AvgIpc) is 2.91. The molecular formula is C11H21N3O2. The standard InChI is InChI=1S/C11H21N3O2/c1-2-14(10-3-5-12-7-10)11(15)13-9-4-6-16-8-9/h9-10,12H,2-8H2,1H3,(H,13,15). The molecular weight excluding hydrogens is 206 g/mol.